The summed E-state index contributed by atoms with van der Waals surface area (Å²) in [6.07, 6.45) is -5.32. The van der Waals surface area contributed by atoms with Crippen LogP contribution < -0.4 is 5.32 Å². The van der Waals surface area contributed by atoms with E-state index in [2.05, 4.69) is 26.4 Å². The number of alkyl halides is 3. The summed E-state index contributed by atoms with van der Waals surface area (Å²) in [5, 5.41) is 6.51. The van der Waals surface area contributed by atoms with Crippen molar-refractivity contribution < 1.29 is 27.0 Å². The van der Waals surface area contributed by atoms with E-state index in [4.69, 9.17) is 28.0 Å². The number of carbonyl (C=O) groups is 1. The predicted octanol–water partition coefficient (Wildman–Crippen LogP) is 5.72. The van der Waals surface area contributed by atoms with E-state index in [9.17, 15) is 22.2 Å². The minimum atomic E-state index is -4.77. The van der Waals surface area contributed by atoms with Crippen LogP contribution in [0.15, 0.2) is 46.0 Å². The van der Waals surface area contributed by atoms with Gasteiger partial charge in [0.2, 0.25) is 5.91 Å². The molecule has 0 spiro atoms. The zero-order valence-electron chi connectivity index (χ0n) is 17.1. The van der Waals surface area contributed by atoms with Gasteiger partial charge in [0, 0.05) is 45.1 Å². The molecule has 1 aliphatic rings. The van der Waals surface area contributed by atoms with Crippen LogP contribution in [0.3, 0.4) is 0 Å². The number of nitrogens with zero attached hydrogens (tertiary/aromatic N) is 1. The summed E-state index contributed by atoms with van der Waals surface area (Å²) in [5.74, 6) is -0.0528. The van der Waals surface area contributed by atoms with E-state index >= 15 is 0 Å². The summed E-state index contributed by atoms with van der Waals surface area (Å²) in [7, 11) is -1.22. The maximum absolute atomic E-state index is 14.1. The minimum absolute atomic E-state index is 0.0215. The summed E-state index contributed by atoms with van der Waals surface area (Å²) in [6, 6.07) is 8.49. The molecule has 3 rings (SSSR count). The van der Waals surface area contributed by atoms with E-state index < -0.39 is 29.0 Å². The molecular weight excluding hydrogens is 568 g/mol. The van der Waals surface area contributed by atoms with Gasteiger partial charge < -0.3 is 10.2 Å². The summed E-state index contributed by atoms with van der Waals surface area (Å²) in [5.41, 5.74) is -1.67. The first kappa shape index (κ1) is 26.0. The highest BCUT2D eigenvalue weighted by Gasteiger charge is 2.62. The maximum Gasteiger partial charge on any atom is 0.435 e. The summed E-state index contributed by atoms with van der Waals surface area (Å²) >= 11 is 15.2. The van der Waals surface area contributed by atoms with Crippen LogP contribution in [0.25, 0.3) is 0 Å². The lowest BCUT2D eigenvalue weighted by atomic mass is 9.86. The fourth-order valence-corrected chi connectivity index (χ4v) is 4.58. The van der Waals surface area contributed by atoms with Crippen LogP contribution in [0.1, 0.15) is 30.0 Å². The fourth-order valence-electron chi connectivity index (χ4n) is 3.17. The van der Waals surface area contributed by atoms with Gasteiger partial charge in [-0.25, -0.2) is 0 Å². The molecule has 2 unspecified atom stereocenters. The molecule has 0 saturated carbocycles. The Morgan fingerprint density at radius 3 is 2.58 bits per heavy atom. The van der Waals surface area contributed by atoms with Gasteiger partial charge in [-0.2, -0.15) is 13.2 Å². The van der Waals surface area contributed by atoms with Crippen molar-refractivity contribution in [1.29, 1.82) is 0 Å². The third-order valence-electron chi connectivity index (χ3n) is 5.05. The van der Waals surface area contributed by atoms with Gasteiger partial charge in [0.15, 0.2) is 0 Å². The maximum atomic E-state index is 14.1. The second-order valence-corrected chi connectivity index (χ2v) is 10.6. The topological polar surface area (TPSA) is 67.8 Å². The Labute approximate surface area is 209 Å². The molecule has 178 valence electrons. The molecule has 0 saturated heterocycles. The van der Waals surface area contributed by atoms with E-state index in [0.29, 0.717) is 21.4 Å². The average molecular weight is 586 g/mol. The summed E-state index contributed by atoms with van der Waals surface area (Å²) < 4.78 is 54.4. The molecule has 12 heteroatoms. The molecule has 1 aliphatic heterocycles. The molecule has 0 radical (unpaired) electrons. The SMILES string of the molecule is CCS(=O)CC(=O)NCc1ccc(C2=NOC(c3ccc(Cl)c(Cl)c3)(C(F)(F)F)C2)cc1Br. The monoisotopic (exact) mass is 584 g/mol. The van der Waals surface area contributed by atoms with Crippen molar-refractivity contribution in [2.24, 2.45) is 5.16 Å². The van der Waals surface area contributed by atoms with E-state index in [-0.39, 0.29) is 39.5 Å². The van der Waals surface area contributed by atoms with Crippen LogP contribution in [-0.2, 0) is 32.6 Å². The Morgan fingerprint density at radius 2 is 1.97 bits per heavy atom. The van der Waals surface area contributed by atoms with Crippen LogP contribution in [0.4, 0.5) is 13.2 Å². The van der Waals surface area contributed by atoms with E-state index in [0.717, 1.165) is 6.07 Å². The number of rotatable bonds is 7. The molecule has 0 aromatic heterocycles. The van der Waals surface area contributed by atoms with Crippen LogP contribution in [0.5, 0.6) is 0 Å². The molecular formula is C21H18BrCl2F3N2O3S. The first-order valence-electron chi connectivity index (χ1n) is 9.64. The second-order valence-electron chi connectivity index (χ2n) is 7.22. The Hall–Kier alpha value is -1.62. The van der Waals surface area contributed by atoms with Crippen molar-refractivity contribution in [2.45, 2.75) is 31.7 Å². The number of nitrogens with one attached hydrogen (secondary N) is 1. The molecule has 1 amide bonds. The summed E-state index contributed by atoms with van der Waals surface area (Å²) in [4.78, 5) is 16.8. The highest BCUT2D eigenvalue weighted by molar-refractivity contribution is 9.10. The number of halogens is 6. The summed E-state index contributed by atoms with van der Waals surface area (Å²) in [6.45, 7) is 1.89. The van der Waals surface area contributed by atoms with Gasteiger partial charge in [0.1, 0.15) is 5.75 Å². The smallest absolute Gasteiger partial charge is 0.374 e. The first-order valence-corrected chi connectivity index (χ1v) is 12.7. The van der Waals surface area contributed by atoms with Crippen LogP contribution in [0.2, 0.25) is 10.0 Å². The zero-order chi connectivity index (χ0) is 24.4. The molecule has 0 bridgehead atoms. The van der Waals surface area contributed by atoms with E-state index in [1.807, 2.05) is 0 Å². The van der Waals surface area contributed by atoms with Gasteiger partial charge in [-0.1, -0.05) is 69.4 Å². The number of hydrogen-bond donors (Lipinski definition) is 1. The largest absolute Gasteiger partial charge is 0.435 e. The average Bonchev–Trinajstić information content (AvgIpc) is 3.21. The van der Waals surface area contributed by atoms with Gasteiger partial charge >= 0.3 is 6.18 Å². The Kier molecular flexibility index (Phi) is 8.14. The molecule has 0 aliphatic carbocycles. The molecule has 2 atom stereocenters. The Morgan fingerprint density at radius 1 is 1.24 bits per heavy atom. The lowest BCUT2D eigenvalue weighted by Crippen LogP contribution is -2.42. The van der Waals surface area contributed by atoms with Crippen molar-refractivity contribution in [3.8, 4) is 0 Å². The van der Waals surface area contributed by atoms with Crippen LogP contribution in [0, 0.1) is 0 Å². The van der Waals surface area contributed by atoms with Crippen molar-refractivity contribution in [1.82, 2.24) is 5.32 Å². The van der Waals surface area contributed by atoms with Gasteiger partial charge in [-0.15, -0.1) is 0 Å². The quantitative estimate of drug-likeness (QED) is 0.452. The number of hydrogen-bond acceptors (Lipinski definition) is 4. The lowest BCUT2D eigenvalue weighted by molar-refractivity contribution is -0.275. The normalized spacial score (nSPS) is 19.1. The van der Waals surface area contributed by atoms with Gasteiger partial charge in [-0.05, 0) is 23.8 Å². The molecule has 1 heterocycles. The standard InChI is InChI=1S/C21H18BrCl2F3N2O3S/c1-2-33(31)11-19(30)28-10-13-4-3-12(7-15(13)22)18-9-20(32-29-18,21(25,26)27)14-5-6-16(23)17(24)8-14/h3-8H,2,9-11H2,1H3,(H,28,30). The third kappa shape index (κ3) is 5.72. The fraction of sp³-hybridized carbons (Fsp3) is 0.333. The van der Waals surface area contributed by atoms with E-state index in [1.165, 1.54) is 12.1 Å². The van der Waals surface area contributed by atoms with Gasteiger partial charge in [0.25, 0.3) is 5.60 Å². The third-order valence-corrected chi connectivity index (χ3v) is 7.75. The van der Waals surface area contributed by atoms with Crippen LogP contribution >= 0.6 is 39.1 Å². The minimum Gasteiger partial charge on any atom is -0.374 e. The molecule has 2 aromatic rings. The van der Waals surface area contributed by atoms with Crippen molar-refractivity contribution >= 4 is 61.6 Å². The number of oxime groups is 1. The predicted molar refractivity (Wildman–Crippen MR) is 126 cm³/mol. The molecule has 5 nitrogen and oxygen atoms in total. The van der Waals surface area contributed by atoms with Crippen LogP contribution in [-0.4, -0.2) is 33.5 Å². The van der Waals surface area contributed by atoms with Crippen molar-refractivity contribution in [2.75, 3.05) is 11.5 Å². The number of amides is 1. The molecule has 33 heavy (non-hydrogen) atoms. The number of carbonyl (C=O) groups excluding carboxylic acids is 1. The van der Waals surface area contributed by atoms with Crippen molar-refractivity contribution in [3.05, 3.63) is 67.6 Å². The highest BCUT2D eigenvalue weighted by Crippen LogP contribution is 2.49. The second kappa shape index (κ2) is 10.3. The van der Waals surface area contributed by atoms with Gasteiger partial charge in [-0.3, -0.25) is 9.00 Å². The Balaban J connectivity index is 1.79. The molecule has 1 N–H and O–H groups in total. The number of benzene rings is 2. The van der Waals surface area contributed by atoms with E-state index in [1.54, 1.807) is 25.1 Å². The molecule has 0 fully saturated rings. The first-order chi connectivity index (χ1) is 15.5. The van der Waals surface area contributed by atoms with Crippen molar-refractivity contribution in [3.63, 3.8) is 0 Å². The molecule has 2 aromatic carbocycles. The highest BCUT2D eigenvalue weighted by atomic mass is 79.9. The zero-order valence-corrected chi connectivity index (χ0v) is 21.1. The lowest BCUT2D eigenvalue weighted by Gasteiger charge is -2.29. The van der Waals surface area contributed by atoms with Gasteiger partial charge in [0.05, 0.1) is 15.8 Å². The Bertz CT molecular complexity index is 1130.